The third kappa shape index (κ3) is 3.97. The molecule has 0 fully saturated rings. The van der Waals surface area contributed by atoms with Crippen LogP contribution in [0.4, 0.5) is 11.5 Å². The summed E-state index contributed by atoms with van der Waals surface area (Å²) >= 11 is 0. The van der Waals surface area contributed by atoms with Crippen LogP contribution in [0.15, 0.2) is 30.3 Å². The van der Waals surface area contributed by atoms with Gasteiger partial charge in [-0.25, -0.2) is 9.97 Å². The molecular formula is C17H22N4O2. The topological polar surface area (TPSA) is 67.4 Å². The van der Waals surface area contributed by atoms with Crippen molar-refractivity contribution in [2.75, 3.05) is 25.5 Å². The van der Waals surface area contributed by atoms with Gasteiger partial charge in [0.25, 0.3) is 5.91 Å². The lowest BCUT2D eigenvalue weighted by Gasteiger charge is -2.18. The van der Waals surface area contributed by atoms with Gasteiger partial charge in [0.15, 0.2) is 0 Å². The minimum Gasteiger partial charge on any atom is -0.495 e. The van der Waals surface area contributed by atoms with E-state index < -0.39 is 0 Å². The highest BCUT2D eigenvalue weighted by atomic mass is 16.5. The van der Waals surface area contributed by atoms with Crippen LogP contribution in [-0.4, -0.2) is 41.0 Å². The van der Waals surface area contributed by atoms with Crippen molar-refractivity contribution < 1.29 is 9.53 Å². The Morgan fingerprint density at radius 2 is 1.91 bits per heavy atom. The van der Waals surface area contributed by atoms with Crippen molar-refractivity contribution in [2.45, 2.75) is 20.8 Å². The van der Waals surface area contributed by atoms with Gasteiger partial charge in [0.05, 0.1) is 12.8 Å². The zero-order chi connectivity index (χ0) is 16.8. The van der Waals surface area contributed by atoms with Crippen molar-refractivity contribution in [3.63, 3.8) is 0 Å². The third-order valence-electron chi connectivity index (χ3n) is 3.48. The number of hydrogen-bond donors (Lipinski definition) is 1. The molecule has 0 bridgehead atoms. The quantitative estimate of drug-likeness (QED) is 0.887. The first-order valence-electron chi connectivity index (χ1n) is 7.64. The molecule has 1 aromatic heterocycles. The number of para-hydroxylation sites is 2. The second-order valence-electron chi connectivity index (χ2n) is 4.99. The minimum absolute atomic E-state index is 0.0939. The molecule has 0 aliphatic carbocycles. The van der Waals surface area contributed by atoms with Crippen molar-refractivity contribution in [1.29, 1.82) is 0 Å². The summed E-state index contributed by atoms with van der Waals surface area (Å²) in [6, 6.07) is 9.21. The Morgan fingerprint density at radius 1 is 1.22 bits per heavy atom. The van der Waals surface area contributed by atoms with E-state index in [1.54, 1.807) is 25.0 Å². The molecule has 0 saturated heterocycles. The van der Waals surface area contributed by atoms with E-state index in [-0.39, 0.29) is 5.91 Å². The van der Waals surface area contributed by atoms with Crippen LogP contribution in [0.5, 0.6) is 5.75 Å². The van der Waals surface area contributed by atoms with Gasteiger partial charge in [0, 0.05) is 19.2 Å². The highest BCUT2D eigenvalue weighted by Crippen LogP contribution is 2.26. The van der Waals surface area contributed by atoms with Gasteiger partial charge in [-0.2, -0.15) is 0 Å². The average molecular weight is 314 g/mol. The summed E-state index contributed by atoms with van der Waals surface area (Å²) in [7, 11) is 1.61. The number of aromatic nitrogens is 2. The van der Waals surface area contributed by atoms with Crippen molar-refractivity contribution in [1.82, 2.24) is 14.9 Å². The van der Waals surface area contributed by atoms with E-state index in [1.165, 1.54) is 0 Å². The molecule has 1 heterocycles. The lowest BCUT2D eigenvalue weighted by atomic mass is 10.2. The standard InChI is InChI=1S/C17H22N4O2/c1-5-21(6-2)17(22)14-11-16(19-12(3)18-14)20-13-9-7-8-10-15(13)23-4/h7-11H,5-6H2,1-4H3,(H,18,19,20). The van der Waals surface area contributed by atoms with Crippen molar-refractivity contribution >= 4 is 17.4 Å². The van der Waals surface area contributed by atoms with Crippen molar-refractivity contribution in [2.24, 2.45) is 0 Å². The Kier molecular flexibility index (Phi) is 5.51. The maximum Gasteiger partial charge on any atom is 0.272 e. The SMILES string of the molecule is CCN(CC)C(=O)c1cc(Nc2ccccc2OC)nc(C)n1. The fraction of sp³-hybridized carbons (Fsp3) is 0.353. The summed E-state index contributed by atoms with van der Waals surface area (Å²) in [6.45, 7) is 6.96. The number of amides is 1. The second-order valence-corrected chi connectivity index (χ2v) is 4.99. The van der Waals surface area contributed by atoms with Crippen LogP contribution in [0.3, 0.4) is 0 Å². The van der Waals surface area contributed by atoms with Crippen molar-refractivity contribution in [3.8, 4) is 5.75 Å². The summed E-state index contributed by atoms with van der Waals surface area (Å²) in [4.78, 5) is 22.8. The van der Waals surface area contributed by atoms with Gasteiger partial charge in [-0.15, -0.1) is 0 Å². The molecule has 0 atom stereocenters. The molecule has 1 N–H and O–H groups in total. The van der Waals surface area contributed by atoms with Crippen LogP contribution in [0.2, 0.25) is 0 Å². The first-order valence-corrected chi connectivity index (χ1v) is 7.64. The van der Waals surface area contributed by atoms with Crippen LogP contribution in [0, 0.1) is 6.92 Å². The van der Waals surface area contributed by atoms with Gasteiger partial charge < -0.3 is 15.0 Å². The average Bonchev–Trinajstić information content (AvgIpc) is 2.56. The Hall–Kier alpha value is -2.63. The molecule has 0 saturated carbocycles. The number of carbonyl (C=O) groups excluding carboxylic acids is 1. The molecule has 2 rings (SSSR count). The van der Waals surface area contributed by atoms with E-state index in [1.807, 2.05) is 38.1 Å². The molecule has 0 aliphatic rings. The molecule has 0 spiro atoms. The number of carbonyl (C=O) groups is 1. The molecule has 6 nitrogen and oxygen atoms in total. The summed E-state index contributed by atoms with van der Waals surface area (Å²) in [5, 5.41) is 3.19. The first kappa shape index (κ1) is 16.7. The Bertz CT molecular complexity index is 684. The van der Waals surface area contributed by atoms with Crippen LogP contribution >= 0.6 is 0 Å². The van der Waals surface area contributed by atoms with E-state index >= 15 is 0 Å². The summed E-state index contributed by atoms with van der Waals surface area (Å²) in [5.41, 5.74) is 1.17. The predicted octanol–water partition coefficient (Wildman–Crippen LogP) is 3.02. The Labute approximate surface area is 136 Å². The molecular weight excluding hydrogens is 292 g/mol. The highest BCUT2D eigenvalue weighted by Gasteiger charge is 2.16. The summed E-state index contributed by atoms with van der Waals surface area (Å²) < 4.78 is 5.32. The van der Waals surface area contributed by atoms with Gasteiger partial charge in [0.1, 0.15) is 23.1 Å². The van der Waals surface area contributed by atoms with E-state index in [9.17, 15) is 4.79 Å². The number of aryl methyl sites for hydroxylation is 1. The number of nitrogens with one attached hydrogen (secondary N) is 1. The number of ether oxygens (including phenoxy) is 1. The van der Waals surface area contributed by atoms with E-state index in [0.29, 0.717) is 36.2 Å². The molecule has 0 unspecified atom stereocenters. The molecule has 0 aliphatic heterocycles. The normalized spacial score (nSPS) is 10.3. The fourth-order valence-electron chi connectivity index (χ4n) is 2.30. The smallest absolute Gasteiger partial charge is 0.272 e. The lowest BCUT2D eigenvalue weighted by Crippen LogP contribution is -2.31. The molecule has 23 heavy (non-hydrogen) atoms. The Balaban J connectivity index is 2.32. The predicted molar refractivity (Wildman–Crippen MR) is 90.3 cm³/mol. The van der Waals surface area contributed by atoms with Crippen LogP contribution in [-0.2, 0) is 0 Å². The number of rotatable bonds is 6. The number of methoxy groups -OCH3 is 1. The molecule has 6 heteroatoms. The van der Waals surface area contributed by atoms with Gasteiger partial charge in [-0.3, -0.25) is 4.79 Å². The molecule has 122 valence electrons. The van der Waals surface area contributed by atoms with Gasteiger partial charge in [-0.05, 0) is 32.9 Å². The van der Waals surface area contributed by atoms with Gasteiger partial charge in [0.2, 0.25) is 0 Å². The van der Waals surface area contributed by atoms with Crippen LogP contribution in [0.1, 0.15) is 30.2 Å². The summed E-state index contributed by atoms with van der Waals surface area (Å²) in [6.07, 6.45) is 0. The maximum absolute atomic E-state index is 12.5. The van der Waals surface area contributed by atoms with Gasteiger partial charge in [-0.1, -0.05) is 12.1 Å². The lowest BCUT2D eigenvalue weighted by molar-refractivity contribution is 0.0766. The first-order chi connectivity index (χ1) is 11.1. The fourth-order valence-corrected chi connectivity index (χ4v) is 2.30. The molecule has 1 amide bonds. The monoisotopic (exact) mass is 314 g/mol. The largest absolute Gasteiger partial charge is 0.495 e. The van der Waals surface area contributed by atoms with E-state index in [2.05, 4.69) is 15.3 Å². The molecule has 2 aromatic rings. The number of anilines is 2. The van der Waals surface area contributed by atoms with Crippen LogP contribution in [0.25, 0.3) is 0 Å². The van der Waals surface area contributed by atoms with E-state index in [4.69, 9.17) is 4.74 Å². The van der Waals surface area contributed by atoms with E-state index in [0.717, 1.165) is 5.69 Å². The van der Waals surface area contributed by atoms with Crippen LogP contribution < -0.4 is 10.1 Å². The number of nitrogens with zero attached hydrogens (tertiary/aromatic N) is 3. The number of benzene rings is 1. The minimum atomic E-state index is -0.0939. The zero-order valence-corrected chi connectivity index (χ0v) is 14.0. The highest BCUT2D eigenvalue weighted by molar-refractivity contribution is 5.93. The van der Waals surface area contributed by atoms with Gasteiger partial charge >= 0.3 is 0 Å². The molecule has 1 aromatic carbocycles. The zero-order valence-electron chi connectivity index (χ0n) is 14.0. The van der Waals surface area contributed by atoms with Crippen molar-refractivity contribution in [3.05, 3.63) is 41.9 Å². The summed E-state index contributed by atoms with van der Waals surface area (Å²) in [5.74, 6) is 1.72. The molecule has 0 radical (unpaired) electrons. The second kappa shape index (κ2) is 7.58. The third-order valence-corrected chi connectivity index (χ3v) is 3.48. The number of hydrogen-bond acceptors (Lipinski definition) is 5. The Morgan fingerprint density at radius 3 is 2.57 bits per heavy atom. The maximum atomic E-state index is 12.5.